The Morgan fingerprint density at radius 3 is 2.00 bits per heavy atom. The van der Waals surface area contributed by atoms with Gasteiger partial charge < -0.3 is 5.32 Å². The van der Waals surface area contributed by atoms with E-state index in [0.717, 1.165) is 23.8 Å². The van der Waals surface area contributed by atoms with Gasteiger partial charge in [0, 0.05) is 35.8 Å². The molecule has 0 unspecified atom stereocenters. The van der Waals surface area contributed by atoms with Crippen molar-refractivity contribution in [3.63, 3.8) is 0 Å². The van der Waals surface area contributed by atoms with Crippen molar-refractivity contribution < 1.29 is 24.4 Å². The number of nitro benzene ring substituents is 3. The predicted molar refractivity (Wildman–Crippen MR) is 142 cm³/mol. The molecule has 0 saturated heterocycles. The smallest absolute Gasteiger partial charge is 0.277 e. The van der Waals surface area contributed by atoms with Gasteiger partial charge in [-0.25, -0.2) is 5.43 Å². The molecule has 0 heterocycles. The summed E-state index contributed by atoms with van der Waals surface area (Å²) in [5, 5.41) is 39.4. The van der Waals surface area contributed by atoms with Crippen molar-refractivity contribution in [2.24, 2.45) is 5.10 Å². The van der Waals surface area contributed by atoms with Crippen LogP contribution in [-0.2, 0) is 10.5 Å². The van der Waals surface area contributed by atoms with Crippen LogP contribution in [0.4, 0.5) is 17.1 Å². The lowest BCUT2D eigenvalue weighted by Gasteiger charge is -2.17. The Morgan fingerprint density at radius 1 is 0.846 bits per heavy atom. The molecule has 0 aliphatic heterocycles. The van der Waals surface area contributed by atoms with Crippen LogP contribution >= 0.6 is 11.8 Å². The molecule has 3 rings (SSSR count). The van der Waals surface area contributed by atoms with Crippen LogP contribution in [0.3, 0.4) is 0 Å². The fourth-order valence-electron chi connectivity index (χ4n) is 3.16. The van der Waals surface area contributed by atoms with Crippen LogP contribution in [0.25, 0.3) is 0 Å². The van der Waals surface area contributed by atoms with Crippen molar-refractivity contribution in [3.05, 3.63) is 120 Å². The van der Waals surface area contributed by atoms with Gasteiger partial charge in [-0.15, -0.1) is 0 Å². The predicted octanol–water partition coefficient (Wildman–Crippen LogP) is 3.59. The van der Waals surface area contributed by atoms with Gasteiger partial charge in [0.25, 0.3) is 28.9 Å². The third-order valence-corrected chi connectivity index (χ3v) is 6.20. The van der Waals surface area contributed by atoms with E-state index < -0.39 is 44.0 Å². The number of carbonyl (C=O) groups excluding carboxylic acids is 2. The number of nitrogens with zero attached hydrogens (tertiary/aromatic N) is 4. The van der Waals surface area contributed by atoms with E-state index in [-0.39, 0.29) is 17.0 Å². The molecule has 0 spiro atoms. The lowest BCUT2D eigenvalue weighted by atomic mass is 10.1. The number of nitro groups is 3. The normalized spacial score (nSPS) is 11.5. The molecule has 0 radical (unpaired) electrons. The summed E-state index contributed by atoms with van der Waals surface area (Å²) in [5.74, 6) is -1.06. The number of rotatable bonds is 12. The molecular formula is C24H20N6O8S. The highest BCUT2D eigenvalue weighted by Gasteiger charge is 2.25. The summed E-state index contributed by atoms with van der Waals surface area (Å²) < 4.78 is 0. The topological polar surface area (TPSA) is 200 Å². The Labute approximate surface area is 224 Å². The molecule has 2 N–H and O–H groups in total. The summed E-state index contributed by atoms with van der Waals surface area (Å²) in [6.45, 7) is 0. The molecular weight excluding hydrogens is 532 g/mol. The third-order valence-electron chi connectivity index (χ3n) is 5.10. The monoisotopic (exact) mass is 552 g/mol. The molecule has 0 bridgehead atoms. The second-order valence-corrected chi connectivity index (χ2v) is 8.89. The maximum absolute atomic E-state index is 12.9. The van der Waals surface area contributed by atoms with E-state index in [1.165, 1.54) is 42.2 Å². The minimum atomic E-state index is -1.17. The van der Waals surface area contributed by atoms with E-state index in [9.17, 15) is 39.9 Å². The highest BCUT2D eigenvalue weighted by Crippen LogP contribution is 2.23. The molecule has 3 aromatic rings. The largest absolute Gasteiger partial charge is 0.339 e. The molecule has 1 atom stereocenters. The van der Waals surface area contributed by atoms with Crippen LogP contribution < -0.4 is 10.7 Å². The number of carbonyl (C=O) groups is 2. The quantitative estimate of drug-likeness (QED) is 0.191. The third kappa shape index (κ3) is 8.43. The summed E-state index contributed by atoms with van der Waals surface area (Å²) in [4.78, 5) is 56.6. The molecule has 200 valence electrons. The lowest BCUT2D eigenvalue weighted by molar-refractivity contribution is -0.394. The minimum Gasteiger partial charge on any atom is -0.339 e. The molecule has 0 aliphatic rings. The van der Waals surface area contributed by atoms with Gasteiger partial charge in [-0.2, -0.15) is 16.9 Å². The van der Waals surface area contributed by atoms with Crippen molar-refractivity contribution in [2.45, 2.75) is 11.8 Å². The maximum atomic E-state index is 12.9. The van der Waals surface area contributed by atoms with Gasteiger partial charge in [0.1, 0.15) is 6.04 Å². The average Bonchev–Trinajstić information content (AvgIpc) is 2.92. The molecule has 14 nitrogen and oxygen atoms in total. The summed E-state index contributed by atoms with van der Waals surface area (Å²) in [6, 6.07) is 16.0. The Morgan fingerprint density at radius 2 is 1.44 bits per heavy atom. The fraction of sp³-hybridized carbons (Fsp3) is 0.125. The van der Waals surface area contributed by atoms with Crippen molar-refractivity contribution in [1.82, 2.24) is 10.7 Å². The first kappa shape index (κ1) is 28.4. The zero-order valence-corrected chi connectivity index (χ0v) is 20.8. The van der Waals surface area contributed by atoms with Crippen molar-refractivity contribution >= 4 is 46.9 Å². The van der Waals surface area contributed by atoms with E-state index in [2.05, 4.69) is 15.8 Å². The number of hydrogen-bond acceptors (Lipinski definition) is 10. The lowest BCUT2D eigenvalue weighted by Crippen LogP contribution is -2.47. The van der Waals surface area contributed by atoms with Gasteiger partial charge in [-0.05, 0) is 23.3 Å². The van der Waals surface area contributed by atoms with Crippen molar-refractivity contribution in [3.8, 4) is 0 Å². The number of thioether (sulfide) groups is 1. The Hall–Kier alpha value is -5.18. The number of non-ortho nitro benzene ring substituents is 3. The highest BCUT2D eigenvalue weighted by atomic mass is 32.2. The Bertz CT molecular complexity index is 1380. The van der Waals surface area contributed by atoms with Crippen LogP contribution in [0.5, 0.6) is 0 Å². The fourth-order valence-corrected chi connectivity index (χ4v) is 4.18. The van der Waals surface area contributed by atoms with Gasteiger partial charge in [0.05, 0.1) is 32.6 Å². The standard InChI is InChI=1S/C24H20N6O8S/c31-23(18-10-20(29(35)36)12-21(11-18)30(37)38)26-22(15-39-14-17-4-2-1-3-5-17)24(32)27-25-13-16-6-8-19(9-7-16)28(33)34/h1-13,22H,14-15H2,(H,26,31)(H,27,32)/b25-13-/t22-/m0/s1. The molecule has 0 fully saturated rings. The number of amides is 2. The van der Waals surface area contributed by atoms with Crippen LogP contribution in [0, 0.1) is 30.3 Å². The number of hydrogen-bond donors (Lipinski definition) is 2. The van der Waals surface area contributed by atoms with Crippen LogP contribution in [0.2, 0.25) is 0 Å². The zero-order valence-electron chi connectivity index (χ0n) is 20.0. The van der Waals surface area contributed by atoms with Gasteiger partial charge in [-0.1, -0.05) is 30.3 Å². The van der Waals surface area contributed by atoms with Crippen molar-refractivity contribution in [2.75, 3.05) is 5.75 Å². The van der Waals surface area contributed by atoms with Gasteiger partial charge >= 0.3 is 0 Å². The van der Waals surface area contributed by atoms with Crippen LogP contribution in [-0.4, -0.2) is 44.6 Å². The number of hydrazone groups is 1. The minimum absolute atomic E-state index is 0.0799. The molecule has 39 heavy (non-hydrogen) atoms. The number of nitrogens with one attached hydrogen (secondary N) is 2. The van der Waals surface area contributed by atoms with Crippen LogP contribution in [0.15, 0.2) is 77.9 Å². The van der Waals surface area contributed by atoms with E-state index in [1.807, 2.05) is 30.3 Å². The molecule has 2 amide bonds. The SMILES string of the molecule is O=C(N[C@@H](CSCc1ccccc1)C(=O)N/N=C\c1ccc([N+](=O)[O-])cc1)c1cc([N+](=O)[O-])cc([N+](=O)[O-])c1. The summed E-state index contributed by atoms with van der Waals surface area (Å²) in [6.07, 6.45) is 1.25. The number of benzene rings is 3. The van der Waals surface area contributed by atoms with E-state index >= 15 is 0 Å². The van der Waals surface area contributed by atoms with E-state index in [0.29, 0.717) is 11.3 Å². The van der Waals surface area contributed by atoms with E-state index in [4.69, 9.17) is 0 Å². The van der Waals surface area contributed by atoms with Crippen LogP contribution in [0.1, 0.15) is 21.5 Å². The Kier molecular flexibility index (Phi) is 9.75. The van der Waals surface area contributed by atoms with Gasteiger partial charge in [-0.3, -0.25) is 39.9 Å². The molecule has 15 heteroatoms. The second kappa shape index (κ2) is 13.4. The van der Waals surface area contributed by atoms with Crippen molar-refractivity contribution in [1.29, 1.82) is 0 Å². The maximum Gasteiger partial charge on any atom is 0.277 e. The van der Waals surface area contributed by atoms with Gasteiger partial charge in [0.2, 0.25) is 0 Å². The zero-order chi connectivity index (χ0) is 28.4. The molecule has 0 saturated carbocycles. The summed E-state index contributed by atoms with van der Waals surface area (Å²) >= 11 is 1.32. The second-order valence-electron chi connectivity index (χ2n) is 7.86. The molecule has 0 aliphatic carbocycles. The first-order valence-electron chi connectivity index (χ1n) is 11.1. The summed E-state index contributed by atoms with van der Waals surface area (Å²) in [7, 11) is 0. The van der Waals surface area contributed by atoms with E-state index in [1.54, 1.807) is 0 Å². The average molecular weight is 553 g/mol. The first-order valence-corrected chi connectivity index (χ1v) is 12.2. The molecule has 0 aromatic heterocycles. The molecule has 3 aromatic carbocycles. The van der Waals surface area contributed by atoms with Gasteiger partial charge in [0.15, 0.2) is 0 Å². The first-order chi connectivity index (χ1) is 18.6. The highest BCUT2D eigenvalue weighted by molar-refractivity contribution is 7.98. The summed E-state index contributed by atoms with van der Waals surface area (Å²) in [5.41, 5.74) is 1.94. The Balaban J connectivity index is 1.75.